The van der Waals surface area contributed by atoms with Crippen molar-refractivity contribution in [1.29, 1.82) is 0 Å². The lowest BCUT2D eigenvalue weighted by molar-refractivity contribution is -0.153. The molecule has 1 atom stereocenters. The summed E-state index contributed by atoms with van der Waals surface area (Å²) in [6.45, 7) is 2.32. The lowest BCUT2D eigenvalue weighted by Gasteiger charge is -2.28. The fourth-order valence-corrected chi connectivity index (χ4v) is 5.50. The van der Waals surface area contributed by atoms with Crippen LogP contribution >= 0.6 is 0 Å². The Morgan fingerprint density at radius 1 is 1.26 bits per heavy atom. The number of benzene rings is 1. The van der Waals surface area contributed by atoms with Gasteiger partial charge in [-0.15, -0.1) is 0 Å². The van der Waals surface area contributed by atoms with Crippen LogP contribution in [0.1, 0.15) is 39.0 Å². The van der Waals surface area contributed by atoms with Gasteiger partial charge in [0.1, 0.15) is 0 Å². The van der Waals surface area contributed by atoms with Crippen LogP contribution in [0.4, 0.5) is 0 Å². The Morgan fingerprint density at radius 3 is 2.74 bits per heavy atom. The monoisotopic (exact) mass is 452 g/mol. The fourth-order valence-electron chi connectivity index (χ4n) is 3.77. The molecule has 1 aromatic carbocycles. The number of esters is 1. The Bertz CT molecular complexity index is 1090. The van der Waals surface area contributed by atoms with Crippen molar-refractivity contribution in [2.45, 2.75) is 51.6 Å². The summed E-state index contributed by atoms with van der Waals surface area (Å²) in [5, 5.41) is 0. The summed E-state index contributed by atoms with van der Waals surface area (Å²) in [4.78, 5) is 38.2. The highest BCUT2D eigenvalue weighted by Crippen LogP contribution is 2.19. The van der Waals surface area contributed by atoms with Crippen LogP contribution in [0.3, 0.4) is 0 Å². The Balaban J connectivity index is 1.49. The number of oxazole rings is 1. The van der Waals surface area contributed by atoms with Gasteiger partial charge in [-0.1, -0.05) is 25.5 Å². The number of ether oxygens (including phenoxy) is 1. The molecule has 0 bridgehead atoms. The maximum atomic E-state index is 12.6. The van der Waals surface area contributed by atoms with Crippen molar-refractivity contribution in [1.82, 2.24) is 9.47 Å². The van der Waals surface area contributed by atoms with Gasteiger partial charge in [0.15, 0.2) is 22.0 Å². The maximum absolute atomic E-state index is 12.6. The Morgan fingerprint density at radius 2 is 2.03 bits per heavy atom. The summed E-state index contributed by atoms with van der Waals surface area (Å²) in [5.74, 6) is -1.35. The van der Waals surface area contributed by atoms with Crippen molar-refractivity contribution in [3.8, 4) is 0 Å². The number of para-hydroxylation sites is 2. The molecular weight excluding hydrogens is 424 g/mol. The van der Waals surface area contributed by atoms with Crippen molar-refractivity contribution in [3.63, 3.8) is 0 Å². The number of sulfone groups is 1. The maximum Gasteiger partial charge on any atom is 0.419 e. The summed E-state index contributed by atoms with van der Waals surface area (Å²) in [6, 6.07) is 6.68. The van der Waals surface area contributed by atoms with E-state index in [0.717, 1.165) is 12.8 Å². The van der Waals surface area contributed by atoms with Gasteiger partial charge in [-0.2, -0.15) is 0 Å². The zero-order valence-electron chi connectivity index (χ0n) is 17.6. The molecule has 1 aliphatic rings. The van der Waals surface area contributed by atoms with E-state index in [1.54, 1.807) is 29.2 Å². The van der Waals surface area contributed by atoms with Gasteiger partial charge >= 0.3 is 11.7 Å². The zero-order valence-corrected chi connectivity index (χ0v) is 18.4. The molecule has 10 heteroatoms. The molecule has 3 rings (SSSR count). The quantitative estimate of drug-likeness (QED) is 0.504. The van der Waals surface area contributed by atoms with E-state index in [1.807, 2.05) is 6.92 Å². The summed E-state index contributed by atoms with van der Waals surface area (Å²) < 4.78 is 35.3. The molecule has 0 radical (unpaired) electrons. The molecule has 1 amide bonds. The molecule has 1 unspecified atom stereocenters. The first kappa shape index (κ1) is 23.1. The number of fused-ring (bicyclic) bond motifs is 1. The van der Waals surface area contributed by atoms with E-state index in [2.05, 4.69) is 0 Å². The highest BCUT2D eigenvalue weighted by molar-refractivity contribution is 7.91. The van der Waals surface area contributed by atoms with E-state index < -0.39 is 28.2 Å². The van der Waals surface area contributed by atoms with Crippen LogP contribution in [-0.2, 0) is 30.7 Å². The number of amides is 1. The van der Waals surface area contributed by atoms with Crippen LogP contribution < -0.4 is 5.76 Å². The predicted octanol–water partition coefficient (Wildman–Crippen LogP) is 1.73. The van der Waals surface area contributed by atoms with E-state index in [0.29, 0.717) is 37.0 Å². The van der Waals surface area contributed by atoms with Crippen molar-refractivity contribution < 1.29 is 27.2 Å². The molecule has 0 spiro atoms. The molecule has 2 heterocycles. The van der Waals surface area contributed by atoms with Crippen LogP contribution in [0, 0.1) is 0 Å². The summed E-state index contributed by atoms with van der Waals surface area (Å²) >= 11 is 0. The molecule has 1 aromatic heterocycles. The number of aromatic nitrogens is 1. The fraction of sp³-hybridized carbons (Fsp3) is 0.571. The Kier molecular flexibility index (Phi) is 7.53. The SMILES string of the molecule is CCCCN(C(=O)COC(=O)CCCn1c(=O)oc2ccccc21)C1CCS(=O)(=O)C1. The number of rotatable bonds is 10. The molecule has 1 aliphatic heterocycles. The van der Waals surface area contributed by atoms with Crippen molar-refractivity contribution in [3.05, 3.63) is 34.8 Å². The largest absolute Gasteiger partial charge is 0.456 e. The van der Waals surface area contributed by atoms with Gasteiger partial charge in [0, 0.05) is 25.6 Å². The molecule has 0 aliphatic carbocycles. The minimum Gasteiger partial charge on any atom is -0.456 e. The first-order valence-electron chi connectivity index (χ1n) is 10.5. The second-order valence-electron chi connectivity index (χ2n) is 7.75. The standard InChI is InChI=1S/C21H28N2O7S/c1-2-3-11-22(16-10-13-31(27,28)15-16)19(24)14-29-20(25)9-6-12-23-17-7-4-5-8-18(17)30-21(23)26/h4-5,7-8,16H,2-3,6,9-15H2,1H3. The lowest BCUT2D eigenvalue weighted by atomic mass is 10.2. The minimum atomic E-state index is -3.12. The first-order chi connectivity index (χ1) is 14.8. The van der Waals surface area contributed by atoms with Gasteiger partial charge in [-0.25, -0.2) is 13.2 Å². The third-order valence-corrected chi connectivity index (χ3v) is 7.17. The Hall–Kier alpha value is -2.62. The summed E-state index contributed by atoms with van der Waals surface area (Å²) in [7, 11) is -3.12. The minimum absolute atomic E-state index is 0.0379. The number of carbonyl (C=O) groups excluding carboxylic acids is 2. The van der Waals surface area contributed by atoms with Crippen LogP contribution in [-0.4, -0.2) is 60.5 Å². The van der Waals surface area contributed by atoms with E-state index in [4.69, 9.17) is 9.15 Å². The number of unbranched alkanes of at least 4 members (excludes halogenated alkanes) is 1. The van der Waals surface area contributed by atoms with E-state index in [1.165, 1.54) is 4.57 Å². The molecular formula is C21H28N2O7S. The Labute approximate surface area is 180 Å². The van der Waals surface area contributed by atoms with Gasteiger partial charge in [0.05, 0.1) is 17.0 Å². The van der Waals surface area contributed by atoms with E-state index in [9.17, 15) is 22.8 Å². The second-order valence-corrected chi connectivity index (χ2v) is 9.98. The molecule has 1 fully saturated rings. The van der Waals surface area contributed by atoms with Crippen LogP contribution in [0.2, 0.25) is 0 Å². The molecule has 31 heavy (non-hydrogen) atoms. The van der Waals surface area contributed by atoms with E-state index in [-0.39, 0.29) is 29.9 Å². The third kappa shape index (κ3) is 5.96. The predicted molar refractivity (Wildman–Crippen MR) is 114 cm³/mol. The van der Waals surface area contributed by atoms with Gasteiger partial charge in [-0.05, 0) is 31.4 Å². The number of carbonyl (C=O) groups is 2. The van der Waals surface area contributed by atoms with Crippen molar-refractivity contribution in [2.75, 3.05) is 24.7 Å². The molecule has 2 aromatic rings. The van der Waals surface area contributed by atoms with Gasteiger partial charge < -0.3 is 14.1 Å². The molecule has 0 saturated carbocycles. The number of hydrogen-bond acceptors (Lipinski definition) is 7. The number of aryl methyl sites for hydroxylation is 1. The third-order valence-electron chi connectivity index (χ3n) is 5.42. The zero-order chi connectivity index (χ0) is 22.4. The smallest absolute Gasteiger partial charge is 0.419 e. The van der Waals surface area contributed by atoms with Crippen molar-refractivity contribution >= 4 is 32.8 Å². The van der Waals surface area contributed by atoms with Crippen LogP contribution in [0.25, 0.3) is 11.1 Å². The first-order valence-corrected chi connectivity index (χ1v) is 12.4. The topological polar surface area (TPSA) is 116 Å². The molecule has 9 nitrogen and oxygen atoms in total. The van der Waals surface area contributed by atoms with Crippen LogP contribution in [0.5, 0.6) is 0 Å². The molecule has 1 saturated heterocycles. The second kappa shape index (κ2) is 10.1. The normalized spacial score (nSPS) is 17.6. The van der Waals surface area contributed by atoms with Gasteiger partial charge in [-0.3, -0.25) is 14.2 Å². The highest BCUT2D eigenvalue weighted by Gasteiger charge is 2.34. The summed E-state index contributed by atoms with van der Waals surface area (Å²) in [5.41, 5.74) is 1.15. The van der Waals surface area contributed by atoms with Crippen molar-refractivity contribution in [2.24, 2.45) is 0 Å². The number of hydrogen-bond donors (Lipinski definition) is 0. The number of nitrogens with zero attached hydrogens (tertiary/aromatic N) is 2. The lowest BCUT2D eigenvalue weighted by Crippen LogP contribution is -2.43. The average molecular weight is 453 g/mol. The van der Waals surface area contributed by atoms with Gasteiger partial charge in [0.25, 0.3) is 5.91 Å². The van der Waals surface area contributed by atoms with Gasteiger partial charge in [0.2, 0.25) is 0 Å². The molecule has 0 N–H and O–H groups in total. The summed E-state index contributed by atoms with van der Waals surface area (Å²) in [6.07, 6.45) is 2.44. The average Bonchev–Trinajstić information content (AvgIpc) is 3.25. The molecule has 170 valence electrons. The highest BCUT2D eigenvalue weighted by atomic mass is 32.2. The van der Waals surface area contributed by atoms with E-state index >= 15 is 0 Å². The van der Waals surface area contributed by atoms with Crippen LogP contribution in [0.15, 0.2) is 33.5 Å².